The van der Waals surface area contributed by atoms with Gasteiger partial charge in [-0.1, -0.05) is 30.3 Å². The van der Waals surface area contributed by atoms with Gasteiger partial charge in [-0.2, -0.15) is 0 Å². The highest BCUT2D eigenvalue weighted by molar-refractivity contribution is 5.91. The molecule has 4 nitrogen and oxygen atoms in total. The Hall–Kier alpha value is -2.10. The van der Waals surface area contributed by atoms with Crippen molar-refractivity contribution in [2.45, 2.75) is 24.8 Å². The number of rotatable bonds is 4. The van der Waals surface area contributed by atoms with Crippen molar-refractivity contribution in [1.29, 1.82) is 0 Å². The average molecular weight is 241 g/mol. The van der Waals surface area contributed by atoms with E-state index in [2.05, 4.69) is 15.3 Å². The van der Waals surface area contributed by atoms with Gasteiger partial charge >= 0.3 is 0 Å². The van der Waals surface area contributed by atoms with Crippen molar-refractivity contribution in [2.75, 3.05) is 0 Å². The molecular weight excluding hydrogens is 226 g/mol. The number of hydrogen-bond acceptors (Lipinski definition) is 2. The van der Waals surface area contributed by atoms with Crippen molar-refractivity contribution < 1.29 is 4.79 Å². The first-order valence-electron chi connectivity index (χ1n) is 6.12. The van der Waals surface area contributed by atoms with Crippen LogP contribution in [0, 0.1) is 0 Å². The van der Waals surface area contributed by atoms with Crippen LogP contribution in [0.3, 0.4) is 0 Å². The molecule has 1 aromatic heterocycles. The first kappa shape index (κ1) is 11.0. The van der Waals surface area contributed by atoms with E-state index < -0.39 is 0 Å². The van der Waals surface area contributed by atoms with Crippen molar-refractivity contribution in [1.82, 2.24) is 15.3 Å². The average Bonchev–Trinajstić information content (AvgIpc) is 3.07. The third-order valence-electron chi connectivity index (χ3n) is 3.51. The summed E-state index contributed by atoms with van der Waals surface area (Å²) in [5, 5.41) is 2.98. The first-order chi connectivity index (χ1) is 8.81. The maximum Gasteiger partial charge on any atom is 0.230 e. The molecule has 0 saturated heterocycles. The van der Waals surface area contributed by atoms with Crippen LogP contribution in [0.15, 0.2) is 42.9 Å². The van der Waals surface area contributed by atoms with E-state index in [0.717, 1.165) is 24.1 Å². The topological polar surface area (TPSA) is 57.8 Å². The number of amides is 1. The Morgan fingerprint density at radius 3 is 2.72 bits per heavy atom. The normalized spacial score (nSPS) is 16.2. The largest absolute Gasteiger partial charge is 0.350 e. The highest BCUT2D eigenvalue weighted by Gasteiger charge is 2.50. The Morgan fingerprint density at radius 2 is 2.11 bits per heavy atom. The Kier molecular flexibility index (Phi) is 2.63. The van der Waals surface area contributed by atoms with Gasteiger partial charge in [0.1, 0.15) is 0 Å². The van der Waals surface area contributed by atoms with E-state index in [-0.39, 0.29) is 11.3 Å². The van der Waals surface area contributed by atoms with Crippen LogP contribution in [0.1, 0.15) is 24.1 Å². The van der Waals surface area contributed by atoms with Gasteiger partial charge in [0.05, 0.1) is 24.0 Å². The number of nitrogens with zero attached hydrogens (tertiary/aromatic N) is 1. The van der Waals surface area contributed by atoms with Crippen LogP contribution in [0.2, 0.25) is 0 Å². The van der Waals surface area contributed by atoms with Crippen molar-refractivity contribution in [3.05, 3.63) is 54.1 Å². The number of aromatic amines is 1. The second-order valence-corrected chi connectivity index (χ2v) is 4.71. The van der Waals surface area contributed by atoms with Gasteiger partial charge in [0.15, 0.2) is 0 Å². The maximum absolute atomic E-state index is 12.3. The van der Waals surface area contributed by atoms with Gasteiger partial charge in [0.25, 0.3) is 0 Å². The molecule has 2 N–H and O–H groups in total. The van der Waals surface area contributed by atoms with E-state index in [1.54, 1.807) is 12.5 Å². The number of hydrogen-bond donors (Lipinski definition) is 2. The van der Waals surface area contributed by atoms with Crippen LogP contribution < -0.4 is 5.32 Å². The van der Waals surface area contributed by atoms with Crippen LogP contribution in [-0.4, -0.2) is 15.9 Å². The second kappa shape index (κ2) is 4.29. The van der Waals surface area contributed by atoms with Gasteiger partial charge < -0.3 is 10.3 Å². The molecule has 1 heterocycles. The molecule has 2 aromatic rings. The molecule has 1 fully saturated rings. The maximum atomic E-state index is 12.3. The summed E-state index contributed by atoms with van der Waals surface area (Å²) in [6.45, 7) is 0.507. The molecule has 1 amide bonds. The lowest BCUT2D eigenvalue weighted by molar-refractivity contribution is -0.123. The number of nitrogens with one attached hydrogen (secondary N) is 2. The smallest absolute Gasteiger partial charge is 0.230 e. The predicted octanol–water partition coefficient (Wildman–Crippen LogP) is 1.76. The minimum atomic E-state index is -0.290. The van der Waals surface area contributed by atoms with Gasteiger partial charge in [-0.05, 0) is 18.4 Å². The lowest BCUT2D eigenvalue weighted by Crippen LogP contribution is -2.34. The fourth-order valence-electron chi connectivity index (χ4n) is 2.26. The first-order valence-corrected chi connectivity index (χ1v) is 6.12. The van der Waals surface area contributed by atoms with Crippen LogP contribution in [0.4, 0.5) is 0 Å². The molecule has 1 aromatic carbocycles. The van der Waals surface area contributed by atoms with Gasteiger partial charge in [-0.25, -0.2) is 4.98 Å². The van der Waals surface area contributed by atoms with Crippen molar-refractivity contribution >= 4 is 5.91 Å². The minimum Gasteiger partial charge on any atom is -0.350 e. The Labute approximate surface area is 105 Å². The van der Waals surface area contributed by atoms with Crippen LogP contribution in [-0.2, 0) is 16.8 Å². The van der Waals surface area contributed by atoms with Gasteiger partial charge in [0.2, 0.25) is 5.91 Å². The number of benzene rings is 1. The van der Waals surface area contributed by atoms with Crippen molar-refractivity contribution in [2.24, 2.45) is 0 Å². The molecule has 18 heavy (non-hydrogen) atoms. The summed E-state index contributed by atoms with van der Waals surface area (Å²) < 4.78 is 0. The second-order valence-electron chi connectivity index (χ2n) is 4.71. The fourth-order valence-corrected chi connectivity index (χ4v) is 2.26. The highest BCUT2D eigenvalue weighted by atomic mass is 16.2. The molecule has 92 valence electrons. The van der Waals surface area contributed by atoms with Crippen molar-refractivity contribution in [3.63, 3.8) is 0 Å². The molecule has 1 saturated carbocycles. The molecule has 0 radical (unpaired) electrons. The molecule has 1 aliphatic rings. The number of H-pyrrole nitrogens is 1. The molecule has 0 atom stereocenters. The van der Waals surface area contributed by atoms with Crippen LogP contribution in [0.25, 0.3) is 0 Å². The lowest BCUT2D eigenvalue weighted by Gasteiger charge is -2.15. The summed E-state index contributed by atoms with van der Waals surface area (Å²) in [5.41, 5.74) is 1.75. The van der Waals surface area contributed by atoms with Gasteiger partial charge in [-0.15, -0.1) is 0 Å². The third kappa shape index (κ3) is 1.90. The summed E-state index contributed by atoms with van der Waals surface area (Å²) >= 11 is 0. The quantitative estimate of drug-likeness (QED) is 0.857. The zero-order valence-corrected chi connectivity index (χ0v) is 10.0. The molecular formula is C14H15N3O. The van der Waals surface area contributed by atoms with Gasteiger partial charge in [0, 0.05) is 6.20 Å². The summed E-state index contributed by atoms with van der Waals surface area (Å²) in [7, 11) is 0. The fraction of sp³-hybridized carbons (Fsp3) is 0.286. The minimum absolute atomic E-state index is 0.114. The van der Waals surface area contributed by atoms with E-state index in [1.807, 2.05) is 30.3 Å². The van der Waals surface area contributed by atoms with E-state index in [4.69, 9.17) is 0 Å². The highest BCUT2D eigenvalue weighted by Crippen LogP contribution is 2.48. The monoisotopic (exact) mass is 241 g/mol. The van der Waals surface area contributed by atoms with Gasteiger partial charge in [-0.3, -0.25) is 4.79 Å². The number of carbonyl (C=O) groups excluding carboxylic acids is 1. The molecule has 0 spiro atoms. The summed E-state index contributed by atoms with van der Waals surface area (Å²) in [4.78, 5) is 19.2. The zero-order chi connectivity index (χ0) is 12.4. The molecule has 0 aliphatic heterocycles. The van der Waals surface area contributed by atoms with E-state index in [0.29, 0.717) is 6.54 Å². The van der Waals surface area contributed by atoms with E-state index in [9.17, 15) is 4.79 Å². The predicted molar refractivity (Wildman–Crippen MR) is 67.8 cm³/mol. The SMILES string of the molecule is O=C(NCc1cnc[nH]1)C1(c2ccccc2)CC1. The summed E-state index contributed by atoms with van der Waals surface area (Å²) in [5.74, 6) is 0.114. The summed E-state index contributed by atoms with van der Waals surface area (Å²) in [6, 6.07) is 10.0. The van der Waals surface area contributed by atoms with E-state index in [1.165, 1.54) is 0 Å². The molecule has 1 aliphatic carbocycles. The Balaban J connectivity index is 1.69. The Morgan fingerprint density at radius 1 is 1.33 bits per heavy atom. The molecule has 3 rings (SSSR count). The lowest BCUT2D eigenvalue weighted by atomic mass is 9.95. The third-order valence-corrected chi connectivity index (χ3v) is 3.51. The standard InChI is InChI=1S/C14H15N3O/c18-13(16-9-12-8-15-10-17-12)14(6-7-14)11-4-2-1-3-5-11/h1-5,8,10H,6-7,9H2,(H,15,17)(H,16,18). The molecule has 0 bridgehead atoms. The van der Waals surface area contributed by atoms with Crippen LogP contribution >= 0.6 is 0 Å². The van der Waals surface area contributed by atoms with E-state index >= 15 is 0 Å². The zero-order valence-electron chi connectivity index (χ0n) is 10.0. The van der Waals surface area contributed by atoms with Crippen LogP contribution in [0.5, 0.6) is 0 Å². The van der Waals surface area contributed by atoms with Crippen molar-refractivity contribution in [3.8, 4) is 0 Å². The number of aromatic nitrogens is 2. The summed E-state index contributed by atoms with van der Waals surface area (Å²) in [6.07, 6.45) is 5.21. The number of carbonyl (C=O) groups is 1. The molecule has 0 unspecified atom stereocenters. The molecule has 4 heteroatoms. The Bertz CT molecular complexity index is 529. The number of imidazole rings is 1.